The molecule has 4 rings (SSSR count). The van der Waals surface area contributed by atoms with E-state index in [2.05, 4.69) is 36.3 Å². The molecule has 0 unspecified atom stereocenters. The molecule has 1 aromatic carbocycles. The highest BCUT2D eigenvalue weighted by Crippen LogP contribution is 2.32. The normalized spacial score (nSPS) is 15.4. The molecule has 0 atom stereocenters. The number of carbonyl (C=O) groups is 3. The molecular weight excluding hydrogens is 622 g/mol. The zero-order valence-corrected chi connectivity index (χ0v) is 28.8. The van der Waals surface area contributed by atoms with Gasteiger partial charge in [0.1, 0.15) is 10.6 Å². The Labute approximate surface area is 279 Å². The van der Waals surface area contributed by atoms with Crippen LogP contribution in [0.2, 0.25) is 0 Å². The quantitative estimate of drug-likeness (QED) is 0.206. The second kappa shape index (κ2) is 15.7. The van der Waals surface area contributed by atoms with E-state index in [0.29, 0.717) is 30.7 Å². The fraction of sp³-hybridized carbons (Fsp3) is 0.545. The van der Waals surface area contributed by atoms with Gasteiger partial charge < -0.3 is 30.2 Å². The molecule has 3 N–H and O–H groups in total. The molecule has 0 saturated carbocycles. The Hall–Kier alpha value is -4.01. The molecule has 2 aromatic heterocycles. The van der Waals surface area contributed by atoms with Crippen LogP contribution in [0.3, 0.4) is 0 Å². The maximum atomic E-state index is 12.6. The summed E-state index contributed by atoms with van der Waals surface area (Å²) in [7, 11) is 0. The largest absolute Gasteiger partial charge is 0.444 e. The standard InChI is InChI=1S/C33H45N7O6S/c1-31(2,3)46-30(43)34-19-23-11-9-10-22(16-23)17-26(41)36-29-40-39-28(47-29)13-8-7-12-24-14-15-25(38-37-24)35-27(42)18-33(6)20-44-32(4,5)45-21-33/h9-11,14-16H,7-8,12-13,17-21H2,1-6H3,(H,34,43)(H,35,38,42)(H,36,40,41). The minimum Gasteiger partial charge on any atom is -0.444 e. The van der Waals surface area contributed by atoms with Crippen LogP contribution in [0.15, 0.2) is 36.4 Å². The number of aromatic nitrogens is 4. The van der Waals surface area contributed by atoms with Gasteiger partial charge in [0.05, 0.1) is 25.3 Å². The zero-order valence-electron chi connectivity index (χ0n) is 28.0. The molecule has 1 fully saturated rings. The number of hydrogen-bond acceptors (Lipinski definition) is 11. The lowest BCUT2D eigenvalue weighted by Crippen LogP contribution is -2.46. The molecule has 1 aliphatic heterocycles. The maximum Gasteiger partial charge on any atom is 0.407 e. The Bertz CT molecular complexity index is 1510. The molecule has 1 aliphatic rings. The summed E-state index contributed by atoms with van der Waals surface area (Å²) in [6.45, 7) is 12.3. The summed E-state index contributed by atoms with van der Waals surface area (Å²) in [6.07, 6.45) is 3.13. The fourth-order valence-corrected chi connectivity index (χ4v) is 5.49. The van der Waals surface area contributed by atoms with E-state index in [1.807, 2.05) is 71.9 Å². The number of alkyl carbamates (subject to hydrolysis) is 1. The molecule has 0 radical (unpaired) electrons. The second-order valence-electron chi connectivity index (χ2n) is 13.5. The first-order valence-corrected chi connectivity index (χ1v) is 16.5. The molecule has 0 spiro atoms. The van der Waals surface area contributed by atoms with Crippen molar-refractivity contribution in [1.82, 2.24) is 25.7 Å². The van der Waals surface area contributed by atoms with Gasteiger partial charge in [-0.25, -0.2) is 4.79 Å². The number of benzene rings is 1. The van der Waals surface area contributed by atoms with E-state index < -0.39 is 22.9 Å². The number of nitrogens with one attached hydrogen (secondary N) is 3. The van der Waals surface area contributed by atoms with Gasteiger partial charge in [-0.15, -0.1) is 15.3 Å². The molecule has 3 aromatic rings. The molecule has 14 heteroatoms. The van der Waals surface area contributed by atoms with Gasteiger partial charge in [-0.3, -0.25) is 9.59 Å². The van der Waals surface area contributed by atoms with Gasteiger partial charge in [-0.2, -0.15) is 5.10 Å². The van der Waals surface area contributed by atoms with E-state index in [4.69, 9.17) is 14.2 Å². The van der Waals surface area contributed by atoms with Gasteiger partial charge in [0, 0.05) is 24.8 Å². The molecule has 0 aliphatic carbocycles. The predicted molar refractivity (Wildman–Crippen MR) is 178 cm³/mol. The first kappa shape index (κ1) is 35.8. The molecule has 1 saturated heterocycles. The number of hydrogen-bond donors (Lipinski definition) is 3. The van der Waals surface area contributed by atoms with Crippen molar-refractivity contribution in [2.45, 2.75) is 98.0 Å². The van der Waals surface area contributed by atoms with Gasteiger partial charge in [0.25, 0.3) is 0 Å². The van der Waals surface area contributed by atoms with Crippen molar-refractivity contribution in [3.8, 4) is 0 Å². The number of ether oxygens (including phenoxy) is 3. The van der Waals surface area contributed by atoms with Gasteiger partial charge >= 0.3 is 6.09 Å². The minimum absolute atomic E-state index is 0.159. The SMILES string of the molecule is CC1(CC(=O)Nc2ccc(CCCCc3nnc(NC(=O)Cc4cccc(CNC(=O)OC(C)(C)C)c4)s3)nn2)COC(C)(C)OC1. The van der Waals surface area contributed by atoms with E-state index in [0.717, 1.165) is 47.5 Å². The van der Waals surface area contributed by atoms with Crippen molar-refractivity contribution in [2.24, 2.45) is 5.41 Å². The molecule has 13 nitrogen and oxygen atoms in total. The van der Waals surface area contributed by atoms with Gasteiger partial charge in [-0.1, -0.05) is 42.5 Å². The fourth-order valence-electron chi connectivity index (χ4n) is 4.69. The maximum absolute atomic E-state index is 12.6. The van der Waals surface area contributed by atoms with E-state index in [1.165, 1.54) is 11.3 Å². The predicted octanol–water partition coefficient (Wildman–Crippen LogP) is 5.22. The van der Waals surface area contributed by atoms with Crippen LogP contribution in [0.25, 0.3) is 0 Å². The summed E-state index contributed by atoms with van der Waals surface area (Å²) in [5.41, 5.74) is 1.55. The first-order valence-electron chi connectivity index (χ1n) is 15.7. The Kier molecular flexibility index (Phi) is 12.0. The van der Waals surface area contributed by atoms with Crippen LogP contribution in [-0.4, -0.2) is 62.9 Å². The van der Waals surface area contributed by atoms with Crippen molar-refractivity contribution < 1.29 is 28.6 Å². The molecular formula is C33H45N7O6S. The lowest BCUT2D eigenvalue weighted by atomic mass is 9.87. The number of carbonyl (C=O) groups excluding carboxylic acids is 3. The van der Waals surface area contributed by atoms with Crippen molar-refractivity contribution in [2.75, 3.05) is 23.8 Å². The van der Waals surface area contributed by atoms with Crippen LogP contribution >= 0.6 is 11.3 Å². The monoisotopic (exact) mass is 667 g/mol. The number of aryl methyl sites for hydroxylation is 2. The van der Waals surface area contributed by atoms with Gasteiger partial charge in [0.15, 0.2) is 11.6 Å². The number of nitrogens with zero attached hydrogens (tertiary/aromatic N) is 4. The third-order valence-corrected chi connectivity index (χ3v) is 7.99. The van der Waals surface area contributed by atoms with E-state index in [1.54, 1.807) is 6.07 Å². The Morgan fingerprint density at radius 1 is 0.894 bits per heavy atom. The van der Waals surface area contributed by atoms with Gasteiger partial charge in [-0.05, 0) is 77.1 Å². The number of anilines is 2. The van der Waals surface area contributed by atoms with Crippen LogP contribution in [0.4, 0.5) is 15.7 Å². The summed E-state index contributed by atoms with van der Waals surface area (Å²) < 4.78 is 16.7. The molecule has 0 bridgehead atoms. The smallest absolute Gasteiger partial charge is 0.407 e. The summed E-state index contributed by atoms with van der Waals surface area (Å²) in [4.78, 5) is 37.1. The zero-order chi connectivity index (χ0) is 34.1. The third kappa shape index (κ3) is 12.6. The van der Waals surface area contributed by atoms with Crippen molar-refractivity contribution in [1.29, 1.82) is 0 Å². The van der Waals surface area contributed by atoms with Crippen LogP contribution < -0.4 is 16.0 Å². The summed E-state index contributed by atoms with van der Waals surface area (Å²) in [6, 6.07) is 11.1. The summed E-state index contributed by atoms with van der Waals surface area (Å²) in [5, 5.41) is 26.4. The average Bonchev–Trinajstić information content (AvgIpc) is 3.43. The van der Waals surface area contributed by atoms with Crippen molar-refractivity contribution in [3.05, 3.63) is 58.2 Å². The Balaban J connectivity index is 1.13. The van der Waals surface area contributed by atoms with Crippen LogP contribution in [0.1, 0.15) is 82.6 Å². The molecule has 47 heavy (non-hydrogen) atoms. The number of unbranched alkanes of at least 4 members (excludes halogenated alkanes) is 1. The van der Waals surface area contributed by atoms with Gasteiger partial charge in [0.2, 0.25) is 16.9 Å². The van der Waals surface area contributed by atoms with Crippen LogP contribution in [0.5, 0.6) is 0 Å². The van der Waals surface area contributed by atoms with Crippen molar-refractivity contribution >= 4 is 40.2 Å². The van der Waals surface area contributed by atoms with E-state index in [9.17, 15) is 14.4 Å². The Morgan fingerprint density at radius 3 is 2.32 bits per heavy atom. The topological polar surface area (TPSA) is 167 Å². The lowest BCUT2D eigenvalue weighted by molar-refractivity contribution is -0.282. The lowest BCUT2D eigenvalue weighted by Gasteiger charge is -2.41. The molecule has 3 amide bonds. The van der Waals surface area contributed by atoms with Crippen LogP contribution in [-0.2, 0) is 49.6 Å². The number of rotatable bonds is 13. The molecule has 3 heterocycles. The van der Waals surface area contributed by atoms with Crippen molar-refractivity contribution in [3.63, 3.8) is 0 Å². The summed E-state index contributed by atoms with van der Waals surface area (Å²) in [5.74, 6) is -0.575. The molecule has 254 valence electrons. The highest BCUT2D eigenvalue weighted by molar-refractivity contribution is 7.15. The number of amides is 3. The van der Waals surface area contributed by atoms with E-state index >= 15 is 0 Å². The third-order valence-electron chi connectivity index (χ3n) is 7.09. The minimum atomic E-state index is -0.628. The first-order chi connectivity index (χ1) is 22.2. The summed E-state index contributed by atoms with van der Waals surface area (Å²) >= 11 is 1.36. The average molecular weight is 668 g/mol. The van der Waals surface area contributed by atoms with Crippen LogP contribution in [0, 0.1) is 5.41 Å². The second-order valence-corrected chi connectivity index (χ2v) is 14.6. The highest BCUT2D eigenvalue weighted by Gasteiger charge is 2.38. The highest BCUT2D eigenvalue weighted by atomic mass is 32.1. The Morgan fingerprint density at radius 2 is 1.62 bits per heavy atom. The van der Waals surface area contributed by atoms with E-state index in [-0.39, 0.29) is 24.7 Å².